The molecular weight excluding hydrogens is 852 g/mol. The van der Waals surface area contributed by atoms with Crippen molar-refractivity contribution in [2.75, 3.05) is 19.8 Å². The summed E-state index contributed by atoms with van der Waals surface area (Å²) in [7, 11) is 0. The first-order valence-corrected chi connectivity index (χ1v) is 23.9. The smallest absolute Gasteiger partial charge is 0.187 e. The van der Waals surface area contributed by atoms with Gasteiger partial charge in [0.1, 0.15) is 67.1 Å². The summed E-state index contributed by atoms with van der Waals surface area (Å²) in [6.07, 6.45) is -17.2. The van der Waals surface area contributed by atoms with Crippen molar-refractivity contribution < 1.29 is 89.7 Å². The number of rotatable bonds is 12. The van der Waals surface area contributed by atoms with E-state index in [1.807, 2.05) is 34.6 Å². The van der Waals surface area contributed by atoms with Crippen LogP contribution in [-0.4, -0.2) is 191 Å². The number of ether oxygens (including phenoxy) is 6. The molecule has 18 nitrogen and oxygen atoms in total. The molecule has 0 unspecified atom stereocenters. The average molecular weight is 933 g/mol. The molecule has 0 aromatic carbocycles. The molecule has 0 radical (unpaired) electrons. The fourth-order valence-electron chi connectivity index (χ4n) is 14.6. The van der Waals surface area contributed by atoms with E-state index in [4.69, 9.17) is 28.4 Å². The van der Waals surface area contributed by atoms with Crippen LogP contribution in [0.4, 0.5) is 0 Å². The van der Waals surface area contributed by atoms with Crippen molar-refractivity contribution in [1.29, 1.82) is 0 Å². The number of fused-ring (bicyclic) bond motifs is 5. The lowest BCUT2D eigenvalue weighted by molar-refractivity contribution is -0.377. The molecule has 376 valence electrons. The van der Waals surface area contributed by atoms with Crippen LogP contribution in [0.3, 0.4) is 0 Å². The SMILES string of the molecule is CC(C)=CCC[C@](C)(O[C@@H]1O[C@H](CO)[C@@H](O)[C@H](O)[C@H]1O)[C@@H]1CC[C@]2(C)[C@H]1[C@H](O)C[C@H]1[C@@]3(C)CC[C@H](O)C(C)(C)[C@H]3[C@@H](O[C@@H]3O[C@H](CO)[C@@H](O)[C@H](O)[C@H]3O[C@H]3OC[C@@H](O)[C@H](O)[C@H]3O)C[C@@]12C. The molecule has 0 spiro atoms. The van der Waals surface area contributed by atoms with Gasteiger partial charge in [0.15, 0.2) is 18.9 Å². The van der Waals surface area contributed by atoms with Crippen LogP contribution < -0.4 is 0 Å². The van der Waals surface area contributed by atoms with E-state index in [1.54, 1.807) is 0 Å². The molecule has 18 heteroatoms. The van der Waals surface area contributed by atoms with Gasteiger partial charge >= 0.3 is 0 Å². The topological polar surface area (TPSA) is 298 Å². The molecule has 7 aliphatic rings. The van der Waals surface area contributed by atoms with Crippen LogP contribution in [0.2, 0.25) is 0 Å². The zero-order valence-electron chi connectivity index (χ0n) is 39.3. The van der Waals surface area contributed by atoms with E-state index in [0.717, 1.165) is 5.57 Å². The molecule has 0 amide bonds. The second kappa shape index (κ2) is 19.0. The summed E-state index contributed by atoms with van der Waals surface area (Å²) in [4.78, 5) is 0. The largest absolute Gasteiger partial charge is 0.394 e. The number of aliphatic hydroxyl groups is 12. The van der Waals surface area contributed by atoms with E-state index in [2.05, 4.69) is 26.8 Å². The third-order valence-corrected chi connectivity index (χ3v) is 18.3. The first-order valence-electron chi connectivity index (χ1n) is 23.9. The number of hydrogen-bond donors (Lipinski definition) is 12. The molecule has 7 fully saturated rings. The molecule has 3 aliphatic heterocycles. The Hall–Kier alpha value is -0.980. The maximum Gasteiger partial charge on any atom is 0.187 e. The summed E-state index contributed by atoms with van der Waals surface area (Å²) in [6.45, 7) is 15.0. The maximum atomic E-state index is 12.7. The van der Waals surface area contributed by atoms with E-state index in [0.29, 0.717) is 51.4 Å². The van der Waals surface area contributed by atoms with E-state index in [9.17, 15) is 61.3 Å². The fourth-order valence-corrected chi connectivity index (χ4v) is 14.6. The highest BCUT2D eigenvalue weighted by molar-refractivity contribution is 5.22. The zero-order valence-corrected chi connectivity index (χ0v) is 39.3. The van der Waals surface area contributed by atoms with Gasteiger partial charge in [0.25, 0.3) is 0 Å². The lowest BCUT2D eigenvalue weighted by Crippen LogP contribution is -2.71. The van der Waals surface area contributed by atoms with Crippen molar-refractivity contribution in [2.45, 2.75) is 217 Å². The second-order valence-electron chi connectivity index (χ2n) is 22.6. The van der Waals surface area contributed by atoms with Crippen LogP contribution in [0, 0.1) is 45.3 Å². The Labute approximate surface area is 382 Å². The molecule has 65 heavy (non-hydrogen) atoms. The molecule has 0 aromatic rings. The Balaban J connectivity index is 1.27. The minimum absolute atomic E-state index is 0.0828. The number of hydrogen-bond acceptors (Lipinski definition) is 18. The van der Waals surface area contributed by atoms with Gasteiger partial charge in [0.05, 0.1) is 43.7 Å². The van der Waals surface area contributed by atoms with Crippen molar-refractivity contribution in [3.63, 3.8) is 0 Å². The number of aliphatic hydroxyl groups excluding tert-OH is 12. The van der Waals surface area contributed by atoms with E-state index < -0.39 is 145 Å². The summed E-state index contributed by atoms with van der Waals surface area (Å²) in [5.74, 6) is -1.11. The van der Waals surface area contributed by atoms with Crippen molar-refractivity contribution in [3.8, 4) is 0 Å². The van der Waals surface area contributed by atoms with Gasteiger partial charge < -0.3 is 89.7 Å². The third-order valence-electron chi connectivity index (χ3n) is 18.3. The molecule has 0 bridgehead atoms. The van der Waals surface area contributed by atoms with Gasteiger partial charge in [0, 0.05) is 0 Å². The van der Waals surface area contributed by atoms with E-state index in [-0.39, 0.29) is 30.3 Å². The lowest BCUT2D eigenvalue weighted by Gasteiger charge is -2.72. The van der Waals surface area contributed by atoms with Crippen molar-refractivity contribution in [1.82, 2.24) is 0 Å². The molecule has 3 heterocycles. The Morgan fingerprint density at radius 1 is 0.692 bits per heavy atom. The molecule has 4 saturated carbocycles. The average Bonchev–Trinajstić information content (AvgIpc) is 3.63. The van der Waals surface area contributed by atoms with Gasteiger partial charge in [-0.15, -0.1) is 0 Å². The Kier molecular flexibility index (Phi) is 15.1. The summed E-state index contributed by atoms with van der Waals surface area (Å²) in [6, 6.07) is 0. The Morgan fingerprint density at radius 3 is 1.94 bits per heavy atom. The van der Waals surface area contributed by atoms with Gasteiger partial charge in [-0.05, 0) is 117 Å². The zero-order chi connectivity index (χ0) is 47.9. The van der Waals surface area contributed by atoms with Crippen molar-refractivity contribution in [3.05, 3.63) is 11.6 Å². The van der Waals surface area contributed by atoms with Crippen molar-refractivity contribution in [2.24, 2.45) is 45.3 Å². The van der Waals surface area contributed by atoms with Gasteiger partial charge in [-0.25, -0.2) is 0 Å². The van der Waals surface area contributed by atoms with Gasteiger partial charge in [0.2, 0.25) is 0 Å². The van der Waals surface area contributed by atoms with Gasteiger partial charge in [-0.3, -0.25) is 0 Å². The first-order chi connectivity index (χ1) is 30.3. The molecule has 0 aromatic heterocycles. The fraction of sp³-hybridized carbons (Fsp3) is 0.957. The Bertz CT molecular complexity index is 1660. The molecule has 4 aliphatic carbocycles. The van der Waals surface area contributed by atoms with Crippen LogP contribution in [0.25, 0.3) is 0 Å². The highest BCUT2D eigenvalue weighted by Crippen LogP contribution is 2.76. The maximum absolute atomic E-state index is 12.7. The Morgan fingerprint density at radius 2 is 1.31 bits per heavy atom. The third kappa shape index (κ3) is 8.72. The summed E-state index contributed by atoms with van der Waals surface area (Å²) in [5.41, 5.74) is -2.41. The van der Waals surface area contributed by atoms with Crippen LogP contribution in [0.1, 0.15) is 107 Å². The number of allylic oxidation sites excluding steroid dienone is 2. The minimum atomic E-state index is -1.73. The van der Waals surface area contributed by atoms with Crippen LogP contribution in [0.5, 0.6) is 0 Å². The predicted molar refractivity (Wildman–Crippen MR) is 229 cm³/mol. The summed E-state index contributed by atoms with van der Waals surface area (Å²) >= 11 is 0. The molecule has 25 atom stereocenters. The highest BCUT2D eigenvalue weighted by atomic mass is 16.8. The first kappa shape index (κ1) is 51.9. The predicted octanol–water partition coefficient (Wildman–Crippen LogP) is -0.417. The normalized spacial score (nSPS) is 53.0. The summed E-state index contributed by atoms with van der Waals surface area (Å²) < 4.78 is 37.7. The van der Waals surface area contributed by atoms with E-state index in [1.165, 1.54) is 0 Å². The quantitative estimate of drug-likeness (QED) is 0.0874. The van der Waals surface area contributed by atoms with Gasteiger partial charge in [-0.1, -0.05) is 46.3 Å². The molecule has 12 N–H and O–H groups in total. The standard InChI is InChI=1S/C47H80O18/c1-21(2)10-9-13-47(8,65-41-37(59)34(56)32(54)26(18-48)62-41)22-11-15-45(6)30(22)23(50)16-28-44(5)14-12-29(52)43(3,4)39(44)25(17-46(28,45)7)61-42-38(35(57)33(55)27(19-49)63-42)64-40-36(58)31(53)24(51)20-60-40/h10,22-42,48-59H,9,11-20H2,1-8H3/t22-,23-,24-,25+,26-,27-,28+,29+,30-,31+,32-,33-,34+,35+,36-,37-,38-,39-,40-,41+,42-,44-,45-,46+,47+/m1/s1. The van der Waals surface area contributed by atoms with Crippen LogP contribution >= 0.6 is 0 Å². The minimum Gasteiger partial charge on any atom is -0.394 e. The van der Waals surface area contributed by atoms with E-state index >= 15 is 0 Å². The summed E-state index contributed by atoms with van der Waals surface area (Å²) in [5, 5.41) is 131. The second-order valence-corrected chi connectivity index (χ2v) is 22.6. The van der Waals surface area contributed by atoms with Crippen LogP contribution in [-0.2, 0) is 28.4 Å². The lowest BCUT2D eigenvalue weighted by atomic mass is 9.34. The molecule has 7 rings (SSSR count). The van der Waals surface area contributed by atoms with Crippen molar-refractivity contribution >= 4 is 0 Å². The monoisotopic (exact) mass is 933 g/mol. The molecular formula is C47H80O18. The highest BCUT2D eigenvalue weighted by Gasteiger charge is 2.74. The van der Waals surface area contributed by atoms with Crippen LogP contribution in [0.15, 0.2) is 11.6 Å². The van der Waals surface area contributed by atoms with Gasteiger partial charge in [-0.2, -0.15) is 0 Å². The molecule has 3 saturated heterocycles.